The average molecular weight is 191 g/mol. The van der Waals surface area contributed by atoms with E-state index in [1.54, 1.807) is 13.2 Å². The maximum Gasteiger partial charge on any atom is 0.399 e. The predicted molar refractivity (Wildman–Crippen MR) is 43.9 cm³/mol. The minimum Gasteiger partial charge on any atom is -0.236 e. The van der Waals surface area contributed by atoms with E-state index in [0.29, 0.717) is 10.2 Å². The molecule has 1 radical (unpaired) electrons. The van der Waals surface area contributed by atoms with Crippen LogP contribution in [-0.2, 0) is 5.11 Å². The first-order valence-corrected chi connectivity index (χ1v) is 5.42. The Balaban J connectivity index is 2.84. The summed E-state index contributed by atoms with van der Waals surface area (Å²) < 4.78 is 4.44. The molecule has 0 saturated carbocycles. The molecule has 1 rings (SSSR count). The molecule has 1 unspecified atom stereocenters. The number of hydrogen-bond donors (Lipinski definition) is 1. The van der Waals surface area contributed by atoms with Crippen LogP contribution in [0.15, 0.2) is 4.34 Å². The van der Waals surface area contributed by atoms with Crippen molar-refractivity contribution < 1.29 is 9.90 Å². The second-order valence-electron chi connectivity index (χ2n) is 1.95. The Bertz CT molecular complexity index is 273. The van der Waals surface area contributed by atoms with E-state index in [1.165, 1.54) is 0 Å². The van der Waals surface area contributed by atoms with Gasteiger partial charge in [-0.1, -0.05) is 0 Å². The van der Waals surface area contributed by atoms with Gasteiger partial charge in [0.25, 0.3) is 0 Å². The molecular formula is C5H7N2O2S2. The number of rotatable bonds is 1. The summed E-state index contributed by atoms with van der Waals surface area (Å²) in [5.74, 6) is 0.626. The molecule has 4 nitrogen and oxygen atoms in total. The summed E-state index contributed by atoms with van der Waals surface area (Å²) in [5, 5.41) is 9.32. The quantitative estimate of drug-likeness (QED) is 0.682. The van der Waals surface area contributed by atoms with Crippen LogP contribution in [0.5, 0.6) is 0 Å². The Kier molecular flexibility index (Phi) is 2.45. The van der Waals surface area contributed by atoms with Crippen LogP contribution in [0, 0.1) is 6.92 Å². The third-order valence-corrected chi connectivity index (χ3v) is 3.98. The van der Waals surface area contributed by atoms with Crippen LogP contribution in [0.25, 0.3) is 0 Å². The fourth-order valence-corrected chi connectivity index (χ4v) is 2.21. The highest BCUT2D eigenvalue weighted by Gasteiger charge is 2.14. The van der Waals surface area contributed by atoms with Crippen LogP contribution in [0.3, 0.4) is 0 Å². The second-order valence-corrected chi connectivity index (χ2v) is 4.91. The molecule has 0 aliphatic carbocycles. The molecule has 0 saturated heterocycles. The Hall–Kier alpha value is -0.620. The molecule has 0 aliphatic heterocycles. The predicted octanol–water partition coefficient (Wildman–Crippen LogP) is 1.39. The van der Waals surface area contributed by atoms with Crippen molar-refractivity contribution >= 4 is 27.7 Å². The van der Waals surface area contributed by atoms with Crippen molar-refractivity contribution in [2.45, 2.75) is 11.3 Å². The first kappa shape index (κ1) is 8.48. The van der Waals surface area contributed by atoms with Gasteiger partial charge in [0, 0.05) is 0 Å². The lowest BCUT2D eigenvalue weighted by Crippen LogP contribution is -1.90. The molecular weight excluding hydrogens is 184 g/mol. The summed E-state index contributed by atoms with van der Waals surface area (Å²) >= 11 is 1.13. The van der Waals surface area contributed by atoms with Crippen molar-refractivity contribution in [3.8, 4) is 0 Å². The molecule has 0 N–H and O–H groups in total. The van der Waals surface area contributed by atoms with Gasteiger partial charge in [-0.05, 0) is 24.7 Å². The lowest BCUT2D eigenvalue weighted by Gasteiger charge is -2.00. The highest BCUT2D eigenvalue weighted by Crippen LogP contribution is 2.33. The zero-order chi connectivity index (χ0) is 8.43. The third kappa shape index (κ3) is 1.90. The molecule has 1 aromatic heterocycles. The van der Waals surface area contributed by atoms with Gasteiger partial charge in [0.05, 0.1) is 0 Å². The Morgan fingerprint density at radius 1 is 1.64 bits per heavy atom. The van der Waals surface area contributed by atoms with Gasteiger partial charge in [-0.25, -0.2) is 14.9 Å². The SMILES string of the molecule is Cc1nsc([SH](C)C([O])=O)n1. The van der Waals surface area contributed by atoms with Crippen LogP contribution in [0.2, 0.25) is 0 Å². The molecule has 11 heavy (non-hydrogen) atoms. The van der Waals surface area contributed by atoms with Gasteiger partial charge in [-0.3, -0.25) is 0 Å². The molecule has 0 aliphatic rings. The number of thiol groups is 1. The van der Waals surface area contributed by atoms with Gasteiger partial charge in [-0.15, -0.1) is 10.9 Å². The smallest absolute Gasteiger partial charge is 0.236 e. The minimum atomic E-state index is -1.26. The molecule has 1 aromatic rings. The maximum absolute atomic E-state index is 10.4. The summed E-state index contributed by atoms with van der Waals surface area (Å²) in [4.78, 5) is 14.3. The maximum atomic E-state index is 10.4. The molecule has 61 valence electrons. The van der Waals surface area contributed by atoms with Crippen LogP contribution < -0.4 is 0 Å². The summed E-state index contributed by atoms with van der Waals surface area (Å²) in [6, 6.07) is 0. The molecule has 0 bridgehead atoms. The largest absolute Gasteiger partial charge is 0.399 e. The number of carbonyl (C=O) groups is 1. The van der Waals surface area contributed by atoms with E-state index >= 15 is 0 Å². The van der Waals surface area contributed by atoms with Crippen LogP contribution in [0.4, 0.5) is 4.79 Å². The van der Waals surface area contributed by atoms with E-state index in [9.17, 15) is 9.90 Å². The number of aryl methyl sites for hydroxylation is 1. The zero-order valence-electron chi connectivity index (χ0n) is 6.07. The third-order valence-electron chi connectivity index (χ3n) is 1.08. The van der Waals surface area contributed by atoms with Crippen LogP contribution >= 0.6 is 22.4 Å². The van der Waals surface area contributed by atoms with Gasteiger partial charge in [-0.2, -0.15) is 4.37 Å². The molecule has 1 atom stereocenters. The summed E-state index contributed by atoms with van der Waals surface area (Å²) in [6.45, 7) is 1.73. The molecule has 0 aromatic carbocycles. The van der Waals surface area contributed by atoms with E-state index in [0.717, 1.165) is 11.5 Å². The van der Waals surface area contributed by atoms with Gasteiger partial charge in [0.2, 0.25) is 0 Å². The van der Waals surface area contributed by atoms with E-state index in [-0.39, 0.29) is 0 Å². The van der Waals surface area contributed by atoms with Crippen molar-refractivity contribution in [3.63, 3.8) is 0 Å². The van der Waals surface area contributed by atoms with Crippen LogP contribution in [0.1, 0.15) is 5.82 Å². The number of aromatic nitrogens is 2. The minimum absolute atomic E-state index is 0.567. The molecule has 1 heterocycles. The molecule has 0 fully saturated rings. The van der Waals surface area contributed by atoms with Crippen molar-refractivity contribution in [2.75, 3.05) is 6.26 Å². The molecule has 0 amide bonds. The van der Waals surface area contributed by atoms with Gasteiger partial charge in [0.1, 0.15) is 5.82 Å². The lowest BCUT2D eigenvalue weighted by molar-refractivity contribution is 0.198. The van der Waals surface area contributed by atoms with Crippen molar-refractivity contribution in [2.24, 2.45) is 0 Å². The fraction of sp³-hybridized carbons (Fsp3) is 0.400. The highest BCUT2D eigenvalue weighted by molar-refractivity contribution is 8.29. The second kappa shape index (κ2) is 3.19. The van der Waals surface area contributed by atoms with E-state index in [4.69, 9.17) is 0 Å². The van der Waals surface area contributed by atoms with E-state index < -0.39 is 16.2 Å². The normalized spacial score (nSPS) is 14.5. The summed E-state index contributed by atoms with van der Waals surface area (Å²) in [5.41, 5.74) is 0. The van der Waals surface area contributed by atoms with Gasteiger partial charge >= 0.3 is 5.30 Å². The average Bonchev–Trinajstić information content (AvgIpc) is 2.34. The Morgan fingerprint density at radius 2 is 2.27 bits per heavy atom. The summed E-state index contributed by atoms with van der Waals surface area (Å²) in [6.07, 6.45) is 1.60. The first-order valence-electron chi connectivity index (χ1n) is 2.86. The van der Waals surface area contributed by atoms with Crippen molar-refractivity contribution in [1.82, 2.24) is 9.36 Å². The lowest BCUT2D eigenvalue weighted by atomic mass is 10.8. The molecule has 0 spiro atoms. The first-order chi connectivity index (χ1) is 5.11. The van der Waals surface area contributed by atoms with E-state index in [1.807, 2.05) is 0 Å². The summed E-state index contributed by atoms with van der Waals surface area (Å²) in [7, 11) is -1.26. The number of nitrogens with zero attached hydrogens (tertiary/aromatic N) is 2. The van der Waals surface area contributed by atoms with E-state index in [2.05, 4.69) is 9.36 Å². The standard InChI is InChI=1S/C5H7N2O2S2/c1-3-6-4(10-7-3)11(2)5(8)9/h11H,1-2H3. The molecule has 6 heteroatoms. The topological polar surface area (TPSA) is 62.8 Å². The van der Waals surface area contributed by atoms with Crippen molar-refractivity contribution in [3.05, 3.63) is 5.82 Å². The number of hydrogen-bond acceptors (Lipinski definition) is 4. The highest BCUT2D eigenvalue weighted by atomic mass is 32.2. The van der Waals surface area contributed by atoms with Crippen LogP contribution in [-0.4, -0.2) is 20.9 Å². The Morgan fingerprint density at radius 3 is 2.64 bits per heavy atom. The fourth-order valence-electron chi connectivity index (χ4n) is 0.500. The zero-order valence-corrected chi connectivity index (χ0v) is 7.78. The van der Waals surface area contributed by atoms with Crippen molar-refractivity contribution in [1.29, 1.82) is 0 Å². The van der Waals surface area contributed by atoms with Gasteiger partial charge in [0.15, 0.2) is 4.34 Å². The number of carbonyl (C=O) groups excluding carboxylic acids is 1. The Labute approximate surface area is 70.8 Å². The van der Waals surface area contributed by atoms with Gasteiger partial charge < -0.3 is 0 Å². The monoisotopic (exact) mass is 191 g/mol.